The van der Waals surface area contributed by atoms with Crippen molar-refractivity contribution in [2.45, 2.75) is 0 Å². The van der Waals surface area contributed by atoms with E-state index in [0.717, 1.165) is 4.70 Å². The Bertz CT molecular complexity index is 687. The zero-order valence-electron chi connectivity index (χ0n) is 9.64. The highest BCUT2D eigenvalue weighted by molar-refractivity contribution is 7.73. The third-order valence-electron chi connectivity index (χ3n) is 2.50. The molecule has 2 aromatic rings. The van der Waals surface area contributed by atoms with Crippen LogP contribution < -0.4 is 15.0 Å². The Morgan fingerprint density at radius 3 is 2.59 bits per heavy atom. The van der Waals surface area contributed by atoms with Gasteiger partial charge in [-0.3, -0.25) is 9.36 Å². The lowest BCUT2D eigenvalue weighted by Gasteiger charge is -2.10. The maximum atomic E-state index is 12.0. The molecule has 0 bridgehead atoms. The molecule has 1 aromatic heterocycles. The topological polar surface area (TPSA) is 40.5 Å². The first-order valence-corrected chi connectivity index (χ1v) is 6.07. The van der Waals surface area contributed by atoms with Gasteiger partial charge >= 0.3 is 0 Å². The lowest BCUT2D eigenvalue weighted by molar-refractivity contribution is 0.359. The van der Waals surface area contributed by atoms with Gasteiger partial charge in [0.25, 0.3) is 5.56 Å². The predicted octanol–water partition coefficient (Wildman–Crippen LogP) is 2.35. The SMILES string of the molecule is COc1ccc2c(=O)n(C)c(=S)sc2c1OC. The van der Waals surface area contributed by atoms with Gasteiger partial charge < -0.3 is 9.47 Å². The fraction of sp³-hybridized carbons (Fsp3) is 0.273. The number of aromatic nitrogens is 1. The van der Waals surface area contributed by atoms with E-state index in [1.54, 1.807) is 33.4 Å². The number of hydrogen-bond donors (Lipinski definition) is 0. The van der Waals surface area contributed by atoms with Crippen LogP contribution in [0.1, 0.15) is 0 Å². The molecule has 6 heteroatoms. The molecule has 0 aliphatic heterocycles. The van der Waals surface area contributed by atoms with Crippen molar-refractivity contribution < 1.29 is 9.47 Å². The maximum absolute atomic E-state index is 12.0. The van der Waals surface area contributed by atoms with Gasteiger partial charge in [-0.1, -0.05) is 0 Å². The summed E-state index contributed by atoms with van der Waals surface area (Å²) in [6, 6.07) is 3.45. The highest BCUT2D eigenvalue weighted by Crippen LogP contribution is 2.36. The average Bonchev–Trinajstić information content (AvgIpc) is 2.34. The van der Waals surface area contributed by atoms with Crippen LogP contribution in [0.15, 0.2) is 16.9 Å². The van der Waals surface area contributed by atoms with Crippen LogP contribution in [0.2, 0.25) is 0 Å². The van der Waals surface area contributed by atoms with Crippen LogP contribution in [0.4, 0.5) is 0 Å². The molecule has 0 saturated heterocycles. The third-order valence-corrected chi connectivity index (χ3v) is 4.08. The van der Waals surface area contributed by atoms with E-state index in [4.69, 9.17) is 21.7 Å². The standard InChI is InChI=1S/C11H11NO3S2/c1-12-10(13)6-4-5-7(14-2)8(15-3)9(6)17-11(12)16/h4-5H,1-3H3. The molecule has 0 aliphatic rings. The van der Waals surface area contributed by atoms with Crippen LogP contribution in [0.25, 0.3) is 10.1 Å². The molecular weight excluding hydrogens is 258 g/mol. The zero-order valence-corrected chi connectivity index (χ0v) is 11.3. The molecule has 17 heavy (non-hydrogen) atoms. The number of fused-ring (bicyclic) bond motifs is 1. The van der Waals surface area contributed by atoms with Gasteiger partial charge in [0, 0.05) is 7.05 Å². The van der Waals surface area contributed by atoms with Gasteiger partial charge in [-0.2, -0.15) is 0 Å². The van der Waals surface area contributed by atoms with E-state index in [1.807, 2.05) is 0 Å². The van der Waals surface area contributed by atoms with Gasteiger partial charge in [-0.15, -0.1) is 11.3 Å². The van der Waals surface area contributed by atoms with Crippen molar-refractivity contribution in [2.24, 2.45) is 7.05 Å². The second-order valence-electron chi connectivity index (χ2n) is 3.41. The van der Waals surface area contributed by atoms with Gasteiger partial charge in [-0.05, 0) is 24.4 Å². The average molecular weight is 269 g/mol. The summed E-state index contributed by atoms with van der Waals surface area (Å²) in [5.41, 5.74) is -0.121. The van der Waals surface area contributed by atoms with Gasteiger partial charge in [0.15, 0.2) is 15.5 Å². The van der Waals surface area contributed by atoms with Crippen LogP contribution >= 0.6 is 23.6 Å². The summed E-state index contributed by atoms with van der Waals surface area (Å²) < 4.78 is 13.2. The molecule has 2 rings (SSSR count). The molecule has 1 heterocycles. The molecule has 90 valence electrons. The molecule has 4 nitrogen and oxygen atoms in total. The molecule has 0 aliphatic carbocycles. The van der Waals surface area contributed by atoms with Crippen LogP contribution in [-0.2, 0) is 7.05 Å². The van der Waals surface area contributed by atoms with Gasteiger partial charge in [0.2, 0.25) is 0 Å². The molecule has 0 saturated carbocycles. The van der Waals surface area contributed by atoms with Crippen molar-refractivity contribution in [2.75, 3.05) is 14.2 Å². The summed E-state index contributed by atoms with van der Waals surface area (Å²) in [5, 5.41) is 0.587. The number of rotatable bonds is 2. The first-order chi connectivity index (χ1) is 8.10. The van der Waals surface area contributed by atoms with E-state index >= 15 is 0 Å². The highest BCUT2D eigenvalue weighted by atomic mass is 32.1. The Labute approximate surface area is 107 Å². The summed E-state index contributed by atoms with van der Waals surface area (Å²) >= 11 is 6.48. The number of hydrogen-bond acceptors (Lipinski definition) is 5. The quantitative estimate of drug-likeness (QED) is 0.785. The molecule has 0 unspecified atom stereocenters. The van der Waals surface area contributed by atoms with Crippen LogP contribution in [0.3, 0.4) is 0 Å². The van der Waals surface area contributed by atoms with E-state index in [2.05, 4.69) is 0 Å². The Balaban J connectivity index is 3.01. The molecule has 1 aromatic carbocycles. The Hall–Kier alpha value is -1.40. The normalized spacial score (nSPS) is 10.5. The molecule has 0 atom stereocenters. The van der Waals surface area contributed by atoms with Gasteiger partial charge in [0.1, 0.15) is 0 Å². The van der Waals surface area contributed by atoms with E-state index in [1.165, 1.54) is 15.9 Å². The van der Waals surface area contributed by atoms with Gasteiger partial charge in [-0.25, -0.2) is 0 Å². The number of benzene rings is 1. The van der Waals surface area contributed by atoms with E-state index in [0.29, 0.717) is 20.8 Å². The minimum atomic E-state index is -0.121. The second kappa shape index (κ2) is 4.46. The second-order valence-corrected chi connectivity index (χ2v) is 5.05. The molecule has 0 radical (unpaired) electrons. The van der Waals surface area contributed by atoms with Crippen molar-refractivity contribution in [3.8, 4) is 11.5 Å². The zero-order chi connectivity index (χ0) is 12.6. The van der Waals surface area contributed by atoms with Crippen LogP contribution in [0, 0.1) is 3.95 Å². The molecule has 0 fully saturated rings. The van der Waals surface area contributed by atoms with E-state index in [9.17, 15) is 4.79 Å². The molecule has 0 spiro atoms. The highest BCUT2D eigenvalue weighted by Gasteiger charge is 2.13. The fourth-order valence-corrected chi connectivity index (χ4v) is 2.86. The summed E-state index contributed by atoms with van der Waals surface area (Å²) in [6.45, 7) is 0. The molecular formula is C11H11NO3S2. The monoisotopic (exact) mass is 269 g/mol. The summed E-state index contributed by atoms with van der Waals surface area (Å²) in [7, 11) is 4.77. The third kappa shape index (κ3) is 1.83. The molecule has 0 amide bonds. The van der Waals surface area contributed by atoms with E-state index in [-0.39, 0.29) is 5.56 Å². The van der Waals surface area contributed by atoms with Crippen molar-refractivity contribution >= 4 is 33.6 Å². The van der Waals surface area contributed by atoms with Crippen LogP contribution in [0.5, 0.6) is 11.5 Å². The summed E-state index contributed by atoms with van der Waals surface area (Å²) in [5.74, 6) is 1.15. The predicted molar refractivity (Wildman–Crippen MR) is 71.0 cm³/mol. The van der Waals surface area contributed by atoms with E-state index < -0.39 is 0 Å². The maximum Gasteiger partial charge on any atom is 0.260 e. The number of ether oxygens (including phenoxy) is 2. The lowest BCUT2D eigenvalue weighted by atomic mass is 10.2. The van der Waals surface area contributed by atoms with Gasteiger partial charge in [0.05, 0.1) is 24.3 Å². The van der Waals surface area contributed by atoms with Crippen molar-refractivity contribution in [3.63, 3.8) is 0 Å². The van der Waals surface area contributed by atoms with Crippen molar-refractivity contribution in [3.05, 3.63) is 26.4 Å². The largest absolute Gasteiger partial charge is 0.493 e. The summed E-state index contributed by atoms with van der Waals surface area (Å²) in [6.07, 6.45) is 0. The first-order valence-electron chi connectivity index (χ1n) is 4.85. The first kappa shape index (κ1) is 12.1. The van der Waals surface area contributed by atoms with Crippen LogP contribution in [-0.4, -0.2) is 18.8 Å². The summed E-state index contributed by atoms with van der Waals surface area (Å²) in [4.78, 5) is 12.0. The minimum Gasteiger partial charge on any atom is -0.493 e. The smallest absolute Gasteiger partial charge is 0.260 e. The Kier molecular flexibility index (Phi) is 3.17. The fourth-order valence-electron chi connectivity index (χ4n) is 1.59. The number of methoxy groups -OCH3 is 2. The number of nitrogens with zero attached hydrogens (tertiary/aromatic N) is 1. The lowest BCUT2D eigenvalue weighted by Crippen LogP contribution is -2.16. The Morgan fingerprint density at radius 1 is 1.29 bits per heavy atom. The van der Waals surface area contributed by atoms with Crippen molar-refractivity contribution in [1.29, 1.82) is 0 Å². The molecule has 0 N–H and O–H groups in total. The Morgan fingerprint density at radius 2 is 2.00 bits per heavy atom. The minimum absolute atomic E-state index is 0.121. The van der Waals surface area contributed by atoms with Crippen molar-refractivity contribution in [1.82, 2.24) is 4.57 Å².